The number of amides is 1. The van der Waals surface area contributed by atoms with E-state index in [1.165, 1.54) is 7.11 Å². The number of unbranched alkanes of at least 4 members (excludes halogenated alkanes) is 3. The number of hydrogen-bond donors (Lipinski definition) is 0. The van der Waals surface area contributed by atoms with Gasteiger partial charge in [0.05, 0.1) is 20.0 Å². The van der Waals surface area contributed by atoms with Gasteiger partial charge in [0.2, 0.25) is 5.91 Å². The van der Waals surface area contributed by atoms with Gasteiger partial charge in [0.1, 0.15) is 0 Å². The van der Waals surface area contributed by atoms with Crippen molar-refractivity contribution in [2.45, 2.75) is 45.6 Å². The van der Waals surface area contributed by atoms with Crippen LogP contribution in [0.3, 0.4) is 0 Å². The molecule has 0 atom stereocenters. The first kappa shape index (κ1) is 23.2. The number of carbonyl (C=O) groups excluding carboxylic acids is 1. The molecule has 154 valence electrons. The summed E-state index contributed by atoms with van der Waals surface area (Å²) in [5.74, 6) is 0.489. The van der Waals surface area contributed by atoms with Crippen LogP contribution in [-0.2, 0) is 26.2 Å². The Morgan fingerprint density at radius 2 is 1.85 bits per heavy atom. The van der Waals surface area contributed by atoms with E-state index in [-0.39, 0.29) is 11.7 Å². The quantitative estimate of drug-likeness (QED) is 0.373. The highest BCUT2D eigenvalue weighted by Gasteiger charge is 2.16. The zero-order valence-electron chi connectivity index (χ0n) is 16.7. The van der Waals surface area contributed by atoms with Crippen LogP contribution in [0.2, 0.25) is 0 Å². The van der Waals surface area contributed by atoms with Crippen LogP contribution in [0.5, 0.6) is 11.5 Å². The van der Waals surface area contributed by atoms with E-state index in [0.717, 1.165) is 37.5 Å². The molecule has 7 nitrogen and oxygen atoms in total. The van der Waals surface area contributed by atoms with Crippen LogP contribution in [0.15, 0.2) is 18.2 Å². The second-order valence-electron chi connectivity index (χ2n) is 6.39. The number of carbonyl (C=O) groups is 1. The van der Waals surface area contributed by atoms with Gasteiger partial charge in [-0.15, -0.1) is 0 Å². The van der Waals surface area contributed by atoms with E-state index in [9.17, 15) is 13.2 Å². The third-order valence-electron chi connectivity index (χ3n) is 4.00. The molecule has 0 heterocycles. The summed E-state index contributed by atoms with van der Waals surface area (Å²) in [5.41, 5.74) is 0.757. The van der Waals surface area contributed by atoms with Crippen LogP contribution < -0.4 is 8.92 Å². The van der Waals surface area contributed by atoms with Gasteiger partial charge in [0, 0.05) is 26.6 Å². The van der Waals surface area contributed by atoms with Crippen LogP contribution in [-0.4, -0.2) is 52.9 Å². The molecule has 0 aromatic heterocycles. The van der Waals surface area contributed by atoms with Crippen LogP contribution >= 0.6 is 0 Å². The lowest BCUT2D eigenvalue weighted by molar-refractivity contribution is -0.132. The van der Waals surface area contributed by atoms with Crippen LogP contribution in [0.25, 0.3) is 0 Å². The first-order valence-corrected chi connectivity index (χ1v) is 11.0. The molecule has 0 aliphatic carbocycles. The number of nitrogens with zero attached hydrogens (tertiary/aromatic N) is 1. The minimum atomic E-state index is -3.68. The average molecular weight is 402 g/mol. The second-order valence-corrected chi connectivity index (χ2v) is 7.97. The van der Waals surface area contributed by atoms with Gasteiger partial charge in [-0.2, -0.15) is 8.42 Å². The monoisotopic (exact) mass is 401 g/mol. The zero-order valence-corrected chi connectivity index (χ0v) is 17.5. The number of rotatable bonds is 13. The van der Waals surface area contributed by atoms with Gasteiger partial charge in [-0.25, -0.2) is 0 Å². The second kappa shape index (κ2) is 11.8. The molecule has 0 spiro atoms. The average Bonchev–Trinajstić information content (AvgIpc) is 2.61. The van der Waals surface area contributed by atoms with Crippen molar-refractivity contribution in [2.24, 2.45) is 0 Å². The molecule has 0 fully saturated rings. The van der Waals surface area contributed by atoms with Crippen molar-refractivity contribution in [3.8, 4) is 11.5 Å². The van der Waals surface area contributed by atoms with Crippen molar-refractivity contribution in [2.75, 3.05) is 33.6 Å². The molecular weight excluding hydrogens is 370 g/mol. The van der Waals surface area contributed by atoms with E-state index in [1.54, 1.807) is 30.2 Å². The third-order valence-corrected chi connectivity index (χ3v) is 4.49. The molecule has 1 amide bonds. The first-order chi connectivity index (χ1) is 12.8. The van der Waals surface area contributed by atoms with E-state index < -0.39 is 10.1 Å². The predicted molar refractivity (Wildman–Crippen MR) is 105 cm³/mol. The van der Waals surface area contributed by atoms with Crippen molar-refractivity contribution in [1.29, 1.82) is 0 Å². The Kier molecular flexibility index (Phi) is 10.2. The highest BCUT2D eigenvalue weighted by molar-refractivity contribution is 7.86. The molecule has 0 aliphatic heterocycles. The standard InChI is InChI=1S/C19H31NO6S/c1-5-6-7-8-9-19(21)20(12-13-24-2)15-16-10-11-17(25-3)18(14-16)26-27(4,22)23/h10-11,14H,5-9,12-13,15H2,1-4H3. The lowest BCUT2D eigenvalue weighted by Gasteiger charge is -2.23. The Morgan fingerprint density at radius 3 is 2.44 bits per heavy atom. The van der Waals surface area contributed by atoms with Crippen molar-refractivity contribution in [3.63, 3.8) is 0 Å². The van der Waals surface area contributed by atoms with E-state index in [2.05, 4.69) is 6.92 Å². The van der Waals surface area contributed by atoms with E-state index in [0.29, 0.717) is 31.9 Å². The molecule has 0 aliphatic rings. The number of methoxy groups -OCH3 is 2. The van der Waals surface area contributed by atoms with E-state index >= 15 is 0 Å². The van der Waals surface area contributed by atoms with Gasteiger partial charge < -0.3 is 18.6 Å². The maximum absolute atomic E-state index is 12.6. The Labute approximate surface area is 162 Å². The number of benzene rings is 1. The van der Waals surface area contributed by atoms with Gasteiger partial charge in [-0.05, 0) is 24.1 Å². The van der Waals surface area contributed by atoms with Crippen molar-refractivity contribution in [1.82, 2.24) is 4.90 Å². The van der Waals surface area contributed by atoms with Crippen molar-refractivity contribution in [3.05, 3.63) is 23.8 Å². The lowest BCUT2D eigenvalue weighted by atomic mass is 10.1. The normalized spacial score (nSPS) is 11.3. The molecule has 1 rings (SSSR count). The lowest BCUT2D eigenvalue weighted by Crippen LogP contribution is -2.33. The molecule has 1 aromatic carbocycles. The summed E-state index contributed by atoms with van der Waals surface area (Å²) >= 11 is 0. The van der Waals surface area contributed by atoms with E-state index in [4.69, 9.17) is 13.7 Å². The minimum absolute atomic E-state index is 0.0598. The largest absolute Gasteiger partial charge is 0.493 e. The zero-order chi connectivity index (χ0) is 20.3. The van der Waals surface area contributed by atoms with Crippen molar-refractivity contribution >= 4 is 16.0 Å². The Morgan fingerprint density at radius 1 is 1.11 bits per heavy atom. The van der Waals surface area contributed by atoms with Gasteiger partial charge in [0.15, 0.2) is 11.5 Å². The summed E-state index contributed by atoms with van der Waals surface area (Å²) in [6.45, 7) is 3.38. The SMILES string of the molecule is CCCCCCC(=O)N(CCOC)Cc1ccc(OC)c(OS(C)(=O)=O)c1. The molecule has 0 saturated carbocycles. The highest BCUT2D eigenvalue weighted by atomic mass is 32.2. The minimum Gasteiger partial charge on any atom is -0.493 e. The topological polar surface area (TPSA) is 82.1 Å². The predicted octanol–water partition coefficient (Wildman–Crippen LogP) is 2.98. The summed E-state index contributed by atoms with van der Waals surface area (Å²) in [5, 5.41) is 0. The third kappa shape index (κ3) is 9.10. The molecule has 0 N–H and O–H groups in total. The molecule has 8 heteroatoms. The molecule has 0 radical (unpaired) electrons. The van der Waals surface area contributed by atoms with Crippen molar-refractivity contribution < 1.29 is 26.9 Å². The Bertz CT molecular complexity index is 689. The van der Waals surface area contributed by atoms with Gasteiger partial charge in [0.25, 0.3) is 0 Å². The summed E-state index contributed by atoms with van der Waals surface area (Å²) in [7, 11) is -0.652. The van der Waals surface area contributed by atoms with Crippen LogP contribution in [0.4, 0.5) is 0 Å². The molecule has 0 bridgehead atoms. The molecular formula is C19H31NO6S. The van der Waals surface area contributed by atoms with Crippen LogP contribution in [0, 0.1) is 0 Å². The van der Waals surface area contributed by atoms with Gasteiger partial charge in [-0.3, -0.25) is 4.79 Å². The Hall–Kier alpha value is -1.80. The summed E-state index contributed by atoms with van der Waals surface area (Å²) in [6.07, 6.45) is 5.61. The number of ether oxygens (including phenoxy) is 2. The number of hydrogen-bond acceptors (Lipinski definition) is 6. The maximum atomic E-state index is 12.6. The molecule has 27 heavy (non-hydrogen) atoms. The van der Waals surface area contributed by atoms with Crippen LogP contribution in [0.1, 0.15) is 44.6 Å². The fourth-order valence-corrected chi connectivity index (χ4v) is 3.08. The van der Waals surface area contributed by atoms with E-state index in [1.807, 2.05) is 0 Å². The summed E-state index contributed by atoms with van der Waals surface area (Å²) in [4.78, 5) is 14.3. The summed E-state index contributed by atoms with van der Waals surface area (Å²) < 4.78 is 38.2. The van der Waals surface area contributed by atoms with Gasteiger partial charge in [-0.1, -0.05) is 32.3 Å². The fraction of sp³-hybridized carbons (Fsp3) is 0.632. The Balaban J connectivity index is 2.89. The molecule has 0 saturated heterocycles. The first-order valence-electron chi connectivity index (χ1n) is 9.13. The van der Waals surface area contributed by atoms with Gasteiger partial charge >= 0.3 is 10.1 Å². The summed E-state index contributed by atoms with van der Waals surface area (Å²) in [6, 6.07) is 5.01. The smallest absolute Gasteiger partial charge is 0.306 e. The molecule has 1 aromatic rings. The highest BCUT2D eigenvalue weighted by Crippen LogP contribution is 2.29. The maximum Gasteiger partial charge on any atom is 0.306 e. The molecule has 0 unspecified atom stereocenters. The fourth-order valence-electron chi connectivity index (χ4n) is 2.62.